The van der Waals surface area contributed by atoms with E-state index >= 15 is 0 Å². The zero-order valence-corrected chi connectivity index (χ0v) is 7.07. The Kier molecular flexibility index (Phi) is 2.69. The second-order valence-electron chi connectivity index (χ2n) is 2.22. The van der Waals surface area contributed by atoms with Crippen molar-refractivity contribution in [3.05, 3.63) is 17.7 Å². The third-order valence-electron chi connectivity index (χ3n) is 1.48. The van der Waals surface area contributed by atoms with Gasteiger partial charge in [-0.15, -0.1) is 5.92 Å². The highest BCUT2D eigenvalue weighted by atomic mass is 15.0. The molecule has 0 aromatic carbocycles. The summed E-state index contributed by atoms with van der Waals surface area (Å²) in [4.78, 5) is 3.77. The summed E-state index contributed by atoms with van der Waals surface area (Å²) in [5, 5.41) is 17.3. The highest BCUT2D eigenvalue weighted by Gasteiger charge is 2.07. The first-order chi connectivity index (χ1) is 6.33. The van der Waals surface area contributed by atoms with E-state index in [1.54, 1.807) is 11.5 Å². The average molecular weight is 170 g/mol. The second kappa shape index (κ2) is 3.95. The molecule has 0 unspecified atom stereocenters. The van der Waals surface area contributed by atoms with Crippen molar-refractivity contribution in [3.63, 3.8) is 0 Å². The fraction of sp³-hybridized carbons (Fsp3) is 0.222. The minimum atomic E-state index is 0.153. The molecule has 0 saturated carbocycles. The van der Waals surface area contributed by atoms with Crippen molar-refractivity contribution in [2.75, 3.05) is 0 Å². The standard InChI is InChI=1S/C9H6N4/c1-2-3-4-13-7-12-8(5-10)9(13)6-11/h7H,4H2,1H3. The van der Waals surface area contributed by atoms with E-state index in [0.717, 1.165) is 0 Å². The van der Waals surface area contributed by atoms with Gasteiger partial charge in [0.15, 0.2) is 11.4 Å². The summed E-state index contributed by atoms with van der Waals surface area (Å²) in [6.07, 6.45) is 1.45. The van der Waals surface area contributed by atoms with Crippen LogP contribution in [-0.4, -0.2) is 9.55 Å². The Hall–Kier alpha value is -2.25. The van der Waals surface area contributed by atoms with Gasteiger partial charge < -0.3 is 4.57 Å². The average Bonchev–Trinajstić information content (AvgIpc) is 2.56. The molecular weight excluding hydrogens is 164 g/mol. The van der Waals surface area contributed by atoms with Crippen molar-refractivity contribution >= 4 is 0 Å². The normalized spacial score (nSPS) is 7.92. The summed E-state index contributed by atoms with van der Waals surface area (Å²) in [6, 6.07) is 3.75. The maximum atomic E-state index is 8.71. The van der Waals surface area contributed by atoms with Gasteiger partial charge in [-0.05, 0) is 6.92 Å². The Morgan fingerprint density at radius 3 is 2.77 bits per heavy atom. The SMILES string of the molecule is CC#CCn1cnc(C#N)c1C#N. The van der Waals surface area contributed by atoms with E-state index in [-0.39, 0.29) is 11.4 Å². The van der Waals surface area contributed by atoms with Crippen LogP contribution in [0.5, 0.6) is 0 Å². The number of hydrogen-bond acceptors (Lipinski definition) is 3. The first kappa shape index (κ1) is 8.84. The van der Waals surface area contributed by atoms with Gasteiger partial charge in [-0.3, -0.25) is 0 Å². The molecule has 4 nitrogen and oxygen atoms in total. The zero-order valence-electron chi connectivity index (χ0n) is 7.07. The molecule has 62 valence electrons. The van der Waals surface area contributed by atoms with Gasteiger partial charge in [0.05, 0.1) is 12.9 Å². The smallest absolute Gasteiger partial charge is 0.176 e. The van der Waals surface area contributed by atoms with Crippen molar-refractivity contribution in [2.24, 2.45) is 0 Å². The largest absolute Gasteiger partial charge is 0.309 e. The molecule has 0 spiro atoms. The van der Waals surface area contributed by atoms with Gasteiger partial charge in [0.1, 0.15) is 12.1 Å². The zero-order chi connectivity index (χ0) is 9.68. The van der Waals surface area contributed by atoms with Crippen molar-refractivity contribution in [1.82, 2.24) is 9.55 Å². The summed E-state index contributed by atoms with van der Waals surface area (Å²) < 4.78 is 1.55. The Bertz CT molecular complexity index is 445. The Labute approximate surface area is 76.0 Å². The molecule has 1 heterocycles. The van der Waals surface area contributed by atoms with Gasteiger partial charge in [-0.1, -0.05) is 5.92 Å². The predicted molar refractivity (Wildman–Crippen MR) is 45.1 cm³/mol. The molecule has 0 aliphatic heterocycles. The molecule has 4 heteroatoms. The van der Waals surface area contributed by atoms with E-state index in [1.165, 1.54) is 6.33 Å². The molecule has 1 aromatic rings. The summed E-state index contributed by atoms with van der Waals surface area (Å²) in [6.45, 7) is 2.11. The third-order valence-corrected chi connectivity index (χ3v) is 1.48. The molecule has 0 bridgehead atoms. The summed E-state index contributed by atoms with van der Waals surface area (Å²) >= 11 is 0. The lowest BCUT2D eigenvalue weighted by Crippen LogP contribution is -1.97. The Morgan fingerprint density at radius 2 is 2.23 bits per heavy atom. The first-order valence-corrected chi connectivity index (χ1v) is 3.58. The van der Waals surface area contributed by atoms with E-state index in [1.807, 2.05) is 12.1 Å². The van der Waals surface area contributed by atoms with Crippen LogP contribution in [0.1, 0.15) is 18.3 Å². The topological polar surface area (TPSA) is 65.4 Å². The van der Waals surface area contributed by atoms with Gasteiger partial charge in [-0.25, -0.2) is 4.98 Å². The molecule has 0 radical (unpaired) electrons. The van der Waals surface area contributed by atoms with E-state index < -0.39 is 0 Å². The van der Waals surface area contributed by atoms with Crippen LogP contribution in [0.4, 0.5) is 0 Å². The van der Waals surface area contributed by atoms with E-state index in [9.17, 15) is 0 Å². The van der Waals surface area contributed by atoms with Gasteiger partial charge in [0.25, 0.3) is 0 Å². The number of nitriles is 2. The number of nitrogens with zero attached hydrogens (tertiary/aromatic N) is 4. The Balaban J connectivity index is 3.09. The van der Waals surface area contributed by atoms with Crippen molar-refractivity contribution < 1.29 is 0 Å². The van der Waals surface area contributed by atoms with Crippen LogP contribution in [0.3, 0.4) is 0 Å². The van der Waals surface area contributed by atoms with E-state index in [0.29, 0.717) is 6.54 Å². The van der Waals surface area contributed by atoms with Crippen LogP contribution in [0.2, 0.25) is 0 Å². The van der Waals surface area contributed by atoms with Crippen LogP contribution in [0.25, 0.3) is 0 Å². The fourth-order valence-electron chi connectivity index (χ4n) is 0.865. The number of imidazole rings is 1. The number of aromatic nitrogens is 2. The molecule has 0 aliphatic carbocycles. The van der Waals surface area contributed by atoms with Crippen LogP contribution >= 0.6 is 0 Å². The van der Waals surface area contributed by atoms with Gasteiger partial charge in [-0.2, -0.15) is 10.5 Å². The van der Waals surface area contributed by atoms with Crippen LogP contribution in [-0.2, 0) is 6.54 Å². The lowest BCUT2D eigenvalue weighted by Gasteiger charge is -1.94. The van der Waals surface area contributed by atoms with Crippen LogP contribution in [0, 0.1) is 34.5 Å². The predicted octanol–water partition coefficient (Wildman–Crippen LogP) is 0.650. The lowest BCUT2D eigenvalue weighted by atomic mass is 10.3. The highest BCUT2D eigenvalue weighted by Crippen LogP contribution is 2.03. The molecule has 0 N–H and O–H groups in total. The highest BCUT2D eigenvalue weighted by molar-refractivity contribution is 5.36. The van der Waals surface area contributed by atoms with E-state index in [4.69, 9.17) is 10.5 Å². The monoisotopic (exact) mass is 170 g/mol. The first-order valence-electron chi connectivity index (χ1n) is 3.58. The van der Waals surface area contributed by atoms with Crippen molar-refractivity contribution in [1.29, 1.82) is 10.5 Å². The molecule has 0 saturated heterocycles. The van der Waals surface area contributed by atoms with Gasteiger partial charge in [0, 0.05) is 0 Å². The molecule has 0 aliphatic rings. The molecular formula is C9H6N4. The van der Waals surface area contributed by atoms with Crippen LogP contribution < -0.4 is 0 Å². The quantitative estimate of drug-likeness (QED) is 0.581. The van der Waals surface area contributed by atoms with Crippen molar-refractivity contribution in [3.8, 4) is 24.0 Å². The van der Waals surface area contributed by atoms with Crippen LogP contribution in [0.15, 0.2) is 6.33 Å². The minimum Gasteiger partial charge on any atom is -0.309 e. The fourth-order valence-corrected chi connectivity index (χ4v) is 0.865. The summed E-state index contributed by atoms with van der Waals surface area (Å²) in [7, 11) is 0. The minimum absolute atomic E-state index is 0.153. The molecule has 1 aromatic heterocycles. The molecule has 1 rings (SSSR count). The lowest BCUT2D eigenvalue weighted by molar-refractivity contribution is 0.825. The maximum Gasteiger partial charge on any atom is 0.176 e. The summed E-state index contributed by atoms with van der Waals surface area (Å²) in [5.41, 5.74) is 0.422. The molecule has 13 heavy (non-hydrogen) atoms. The van der Waals surface area contributed by atoms with E-state index in [2.05, 4.69) is 16.8 Å². The number of hydrogen-bond donors (Lipinski definition) is 0. The van der Waals surface area contributed by atoms with Gasteiger partial charge >= 0.3 is 0 Å². The number of rotatable bonds is 1. The molecule has 0 atom stereocenters. The van der Waals surface area contributed by atoms with Crippen molar-refractivity contribution in [2.45, 2.75) is 13.5 Å². The summed E-state index contributed by atoms with van der Waals surface area (Å²) in [5.74, 6) is 5.49. The maximum absolute atomic E-state index is 8.71. The Morgan fingerprint density at radius 1 is 1.46 bits per heavy atom. The van der Waals surface area contributed by atoms with Gasteiger partial charge in [0.2, 0.25) is 0 Å². The second-order valence-corrected chi connectivity index (χ2v) is 2.22. The molecule has 0 amide bonds. The third kappa shape index (κ3) is 1.67. The molecule has 0 fully saturated rings.